The minimum Gasteiger partial charge on any atom is -0.239 e. The van der Waals surface area contributed by atoms with E-state index in [0.717, 1.165) is 17.2 Å². The van der Waals surface area contributed by atoms with Crippen molar-refractivity contribution in [2.24, 2.45) is 0 Å². The highest BCUT2D eigenvalue weighted by atomic mass is 14.9. The van der Waals surface area contributed by atoms with Gasteiger partial charge in [0, 0.05) is 11.6 Å². The van der Waals surface area contributed by atoms with Gasteiger partial charge in [-0.1, -0.05) is 24.3 Å². The Morgan fingerprint density at radius 2 is 1.77 bits per heavy atom. The fraction of sp³-hybridized carbons (Fsp3) is 0.273. The normalized spacial score (nSPS) is 15.5. The van der Waals surface area contributed by atoms with E-state index in [1.54, 1.807) is 0 Å². The molecule has 13 heavy (non-hydrogen) atoms. The average molecular weight is 172 g/mol. The van der Waals surface area contributed by atoms with Crippen LogP contribution in [0.25, 0.3) is 0 Å². The van der Waals surface area contributed by atoms with Gasteiger partial charge in [0.2, 0.25) is 0 Å². The van der Waals surface area contributed by atoms with Crippen molar-refractivity contribution in [3.05, 3.63) is 47.6 Å². The Balaban J connectivity index is 2.40. The maximum absolute atomic E-state index is 4.40. The summed E-state index contributed by atoms with van der Waals surface area (Å²) in [5, 5.41) is 0. The van der Waals surface area contributed by atoms with Crippen molar-refractivity contribution in [2.45, 2.75) is 19.8 Å². The summed E-state index contributed by atoms with van der Waals surface area (Å²) in [4.78, 5) is 8.65. The van der Waals surface area contributed by atoms with Gasteiger partial charge in [0.05, 0.1) is 5.69 Å². The number of nitrogens with zero attached hydrogens (tertiary/aromatic N) is 2. The van der Waals surface area contributed by atoms with Gasteiger partial charge in [0.25, 0.3) is 0 Å². The number of rotatable bonds is 1. The molecule has 0 unspecified atom stereocenters. The molecule has 2 heteroatoms. The van der Waals surface area contributed by atoms with E-state index in [9.17, 15) is 0 Å². The van der Waals surface area contributed by atoms with E-state index < -0.39 is 0 Å². The van der Waals surface area contributed by atoms with Gasteiger partial charge in [0.1, 0.15) is 5.82 Å². The molecule has 1 heterocycles. The minimum atomic E-state index is 0.348. The van der Waals surface area contributed by atoms with Crippen LogP contribution < -0.4 is 0 Å². The molecular formula is C11H12N2. The monoisotopic (exact) mass is 172 g/mol. The van der Waals surface area contributed by atoms with Crippen LogP contribution in [0.5, 0.6) is 0 Å². The molecule has 0 radical (unpaired) electrons. The maximum atomic E-state index is 4.40. The van der Waals surface area contributed by atoms with Crippen LogP contribution in [0.4, 0.5) is 0 Å². The summed E-state index contributed by atoms with van der Waals surface area (Å²) in [7, 11) is 0. The lowest BCUT2D eigenvalue weighted by atomic mass is 10.1. The van der Waals surface area contributed by atoms with E-state index in [0.29, 0.717) is 5.92 Å². The predicted octanol–water partition coefficient (Wildman–Crippen LogP) is 2.30. The minimum absolute atomic E-state index is 0.348. The van der Waals surface area contributed by atoms with Crippen molar-refractivity contribution in [1.29, 1.82) is 0 Å². The van der Waals surface area contributed by atoms with Crippen molar-refractivity contribution in [3.8, 4) is 0 Å². The van der Waals surface area contributed by atoms with Crippen LogP contribution in [0.3, 0.4) is 0 Å². The zero-order valence-corrected chi connectivity index (χ0v) is 7.86. The number of hydrogen-bond acceptors (Lipinski definition) is 2. The van der Waals surface area contributed by atoms with Gasteiger partial charge in [-0.05, 0) is 19.9 Å². The second-order valence-electron chi connectivity index (χ2n) is 3.28. The van der Waals surface area contributed by atoms with Crippen molar-refractivity contribution in [3.63, 3.8) is 0 Å². The van der Waals surface area contributed by atoms with Gasteiger partial charge in [0.15, 0.2) is 0 Å². The van der Waals surface area contributed by atoms with Crippen molar-refractivity contribution in [2.75, 3.05) is 0 Å². The first-order valence-electron chi connectivity index (χ1n) is 4.43. The Morgan fingerprint density at radius 3 is 2.38 bits per heavy atom. The molecule has 0 aromatic carbocycles. The lowest BCUT2D eigenvalue weighted by molar-refractivity contribution is 0.912. The second-order valence-corrected chi connectivity index (χ2v) is 3.28. The van der Waals surface area contributed by atoms with Crippen LogP contribution in [0.1, 0.15) is 23.1 Å². The molecule has 0 aliphatic heterocycles. The molecule has 0 saturated carbocycles. The van der Waals surface area contributed by atoms with Crippen LogP contribution in [0, 0.1) is 13.8 Å². The molecule has 0 bridgehead atoms. The van der Waals surface area contributed by atoms with Gasteiger partial charge in [-0.15, -0.1) is 0 Å². The lowest BCUT2D eigenvalue weighted by Crippen LogP contribution is -1.99. The Kier molecular flexibility index (Phi) is 1.97. The summed E-state index contributed by atoms with van der Waals surface area (Å²) < 4.78 is 0. The molecule has 0 fully saturated rings. The van der Waals surface area contributed by atoms with Crippen LogP contribution in [-0.2, 0) is 0 Å². The van der Waals surface area contributed by atoms with Gasteiger partial charge >= 0.3 is 0 Å². The highest BCUT2D eigenvalue weighted by molar-refractivity contribution is 5.31. The zero-order valence-electron chi connectivity index (χ0n) is 7.86. The van der Waals surface area contributed by atoms with Crippen LogP contribution in [0.15, 0.2) is 30.4 Å². The predicted molar refractivity (Wildman–Crippen MR) is 52.5 cm³/mol. The molecule has 1 aromatic rings. The first-order valence-corrected chi connectivity index (χ1v) is 4.43. The van der Waals surface area contributed by atoms with E-state index in [2.05, 4.69) is 34.3 Å². The molecular weight excluding hydrogens is 160 g/mol. The largest absolute Gasteiger partial charge is 0.239 e. The Hall–Kier alpha value is -1.44. The second kappa shape index (κ2) is 3.13. The smallest absolute Gasteiger partial charge is 0.125 e. The first-order chi connectivity index (χ1) is 6.25. The summed E-state index contributed by atoms with van der Waals surface area (Å²) >= 11 is 0. The molecule has 0 saturated heterocycles. The van der Waals surface area contributed by atoms with Gasteiger partial charge in [-0.25, -0.2) is 9.97 Å². The van der Waals surface area contributed by atoms with Gasteiger partial charge in [-0.2, -0.15) is 0 Å². The van der Waals surface area contributed by atoms with E-state index in [1.807, 2.05) is 19.9 Å². The average Bonchev–Trinajstić information content (AvgIpc) is 2.53. The Labute approximate surface area is 78.0 Å². The fourth-order valence-electron chi connectivity index (χ4n) is 1.55. The number of allylic oxidation sites excluding steroid dienone is 4. The van der Waals surface area contributed by atoms with Crippen LogP contribution >= 0.6 is 0 Å². The van der Waals surface area contributed by atoms with Crippen LogP contribution in [-0.4, -0.2) is 9.97 Å². The van der Waals surface area contributed by atoms with E-state index >= 15 is 0 Å². The highest BCUT2D eigenvalue weighted by Crippen LogP contribution is 2.21. The quantitative estimate of drug-likeness (QED) is 0.649. The summed E-state index contributed by atoms with van der Waals surface area (Å²) in [6, 6.07) is 2.04. The number of aryl methyl sites for hydroxylation is 2. The van der Waals surface area contributed by atoms with E-state index in [-0.39, 0.29) is 0 Å². The third kappa shape index (κ3) is 1.66. The third-order valence-electron chi connectivity index (χ3n) is 2.08. The third-order valence-corrected chi connectivity index (χ3v) is 2.08. The molecule has 1 aliphatic rings. The zero-order chi connectivity index (χ0) is 9.26. The van der Waals surface area contributed by atoms with Gasteiger partial charge in [-0.3, -0.25) is 0 Å². The standard InChI is InChI=1S/C11H12N2/c1-8-7-11(13-9(2)12-8)10-5-3-4-6-10/h3-7,10H,1-2H3. The first kappa shape index (κ1) is 8.17. The summed E-state index contributed by atoms with van der Waals surface area (Å²) in [5.41, 5.74) is 2.13. The van der Waals surface area contributed by atoms with Gasteiger partial charge < -0.3 is 0 Å². The molecule has 0 amide bonds. The molecule has 0 N–H and O–H groups in total. The SMILES string of the molecule is Cc1cc(C2C=CC=C2)nc(C)n1. The Bertz CT molecular complexity index is 345. The fourth-order valence-corrected chi connectivity index (χ4v) is 1.55. The van der Waals surface area contributed by atoms with E-state index in [1.165, 1.54) is 0 Å². The van der Waals surface area contributed by atoms with Crippen molar-refractivity contribution >= 4 is 0 Å². The summed E-state index contributed by atoms with van der Waals surface area (Å²) in [6.07, 6.45) is 8.39. The molecule has 1 aromatic heterocycles. The van der Waals surface area contributed by atoms with Crippen LogP contribution in [0.2, 0.25) is 0 Å². The molecule has 2 nitrogen and oxygen atoms in total. The lowest BCUT2D eigenvalue weighted by Gasteiger charge is -2.06. The maximum Gasteiger partial charge on any atom is 0.125 e. The summed E-state index contributed by atoms with van der Waals surface area (Å²) in [6.45, 7) is 3.93. The number of aromatic nitrogens is 2. The topological polar surface area (TPSA) is 25.8 Å². The molecule has 0 atom stereocenters. The number of hydrogen-bond donors (Lipinski definition) is 0. The molecule has 1 aliphatic carbocycles. The Morgan fingerprint density at radius 1 is 1.08 bits per heavy atom. The molecule has 2 rings (SSSR count). The molecule has 0 spiro atoms. The highest BCUT2D eigenvalue weighted by Gasteiger charge is 2.09. The van der Waals surface area contributed by atoms with E-state index in [4.69, 9.17) is 0 Å². The summed E-state index contributed by atoms with van der Waals surface area (Å²) in [5.74, 6) is 1.20. The molecule has 66 valence electrons. The van der Waals surface area contributed by atoms with Crippen molar-refractivity contribution < 1.29 is 0 Å². The van der Waals surface area contributed by atoms with Crippen molar-refractivity contribution in [1.82, 2.24) is 9.97 Å².